The average Bonchev–Trinajstić information content (AvgIpc) is 3.32. The Morgan fingerprint density at radius 1 is 1.33 bits per heavy atom. The third-order valence-electron chi connectivity index (χ3n) is 4.51. The number of hydrogen-bond donors (Lipinski definition) is 4. The molecule has 5 N–H and O–H groups in total. The average molecular weight is 374 g/mol. The van der Waals surface area contributed by atoms with Gasteiger partial charge >= 0.3 is 0 Å². The summed E-state index contributed by atoms with van der Waals surface area (Å²) in [6, 6.07) is 2.31. The number of carbonyl (C=O) groups is 1. The molecule has 0 spiro atoms. The van der Waals surface area contributed by atoms with Crippen molar-refractivity contribution in [1.29, 1.82) is 0 Å². The molecule has 1 aliphatic heterocycles. The maximum absolute atomic E-state index is 12.1. The molecule has 0 unspecified atom stereocenters. The number of imidazole rings is 1. The minimum absolute atomic E-state index is 0.0218. The number of nitrogens with two attached hydrogens (primary N) is 1. The van der Waals surface area contributed by atoms with Crippen LogP contribution in [0, 0.1) is 0 Å². The van der Waals surface area contributed by atoms with Gasteiger partial charge < -0.3 is 35.0 Å². The first-order valence-corrected chi connectivity index (χ1v) is 8.28. The summed E-state index contributed by atoms with van der Waals surface area (Å²) in [6.45, 7) is 0.207. The highest BCUT2D eigenvalue weighted by Gasteiger charge is 2.39. The maximum Gasteiger partial charge on any atom is 0.287 e. The van der Waals surface area contributed by atoms with Crippen molar-refractivity contribution in [2.45, 2.75) is 30.9 Å². The topological polar surface area (TPSA) is 162 Å². The third kappa shape index (κ3) is 3.23. The van der Waals surface area contributed by atoms with Crippen molar-refractivity contribution >= 4 is 22.9 Å². The molecule has 3 aromatic rings. The molecule has 0 aromatic carbocycles. The monoisotopic (exact) mass is 374 g/mol. The van der Waals surface area contributed by atoms with Crippen molar-refractivity contribution in [3.63, 3.8) is 0 Å². The van der Waals surface area contributed by atoms with Crippen molar-refractivity contribution < 1.29 is 24.2 Å². The highest BCUT2D eigenvalue weighted by Crippen LogP contribution is 2.21. The molecule has 0 bridgehead atoms. The molecule has 0 radical (unpaired) electrons. The Labute approximate surface area is 152 Å². The molecule has 1 aliphatic rings. The zero-order valence-electron chi connectivity index (χ0n) is 14.1. The summed E-state index contributed by atoms with van der Waals surface area (Å²) in [5.41, 5.74) is 6.82. The zero-order chi connectivity index (χ0) is 19.0. The molecule has 1 saturated heterocycles. The van der Waals surface area contributed by atoms with Crippen LogP contribution in [0.2, 0.25) is 0 Å². The van der Waals surface area contributed by atoms with Crippen molar-refractivity contribution in [2.75, 3.05) is 12.3 Å². The third-order valence-corrected chi connectivity index (χ3v) is 4.51. The lowest BCUT2D eigenvalue weighted by Crippen LogP contribution is -2.59. The first kappa shape index (κ1) is 17.4. The van der Waals surface area contributed by atoms with Crippen LogP contribution in [0.25, 0.3) is 11.2 Å². The van der Waals surface area contributed by atoms with E-state index in [9.17, 15) is 15.0 Å². The molecule has 1 fully saturated rings. The van der Waals surface area contributed by atoms with Gasteiger partial charge in [0.2, 0.25) is 0 Å². The van der Waals surface area contributed by atoms with Crippen molar-refractivity contribution in [3.05, 3.63) is 36.8 Å². The molecule has 1 amide bonds. The smallest absolute Gasteiger partial charge is 0.287 e. The van der Waals surface area contributed by atoms with Crippen molar-refractivity contribution in [2.24, 2.45) is 0 Å². The summed E-state index contributed by atoms with van der Waals surface area (Å²) in [5.74, 6) is -0.130. The summed E-state index contributed by atoms with van der Waals surface area (Å²) in [6.07, 6.45) is 1.03. The van der Waals surface area contributed by atoms with Gasteiger partial charge in [-0.05, 0) is 12.1 Å². The fourth-order valence-electron chi connectivity index (χ4n) is 3.08. The van der Waals surface area contributed by atoms with E-state index in [-0.39, 0.29) is 24.7 Å². The van der Waals surface area contributed by atoms with E-state index in [1.807, 2.05) is 0 Å². The van der Waals surface area contributed by atoms with Crippen LogP contribution in [-0.4, -0.2) is 66.6 Å². The van der Waals surface area contributed by atoms with Crippen LogP contribution >= 0.6 is 0 Å². The molecule has 27 heavy (non-hydrogen) atoms. The predicted molar refractivity (Wildman–Crippen MR) is 91.5 cm³/mol. The molecule has 142 valence electrons. The van der Waals surface area contributed by atoms with Gasteiger partial charge in [-0.2, -0.15) is 0 Å². The van der Waals surface area contributed by atoms with E-state index in [0.29, 0.717) is 11.2 Å². The number of aliphatic hydroxyl groups is 2. The van der Waals surface area contributed by atoms with Gasteiger partial charge in [0.1, 0.15) is 30.2 Å². The predicted octanol–water partition coefficient (Wildman–Crippen LogP) is -1.08. The molecule has 3 aromatic heterocycles. The van der Waals surface area contributed by atoms with Gasteiger partial charge in [0, 0.05) is 0 Å². The molecule has 0 aliphatic carbocycles. The number of ether oxygens (including phenoxy) is 1. The first-order valence-electron chi connectivity index (χ1n) is 8.28. The van der Waals surface area contributed by atoms with Gasteiger partial charge in [0.15, 0.2) is 17.2 Å². The standard InChI is InChI=1S/C16H18N6O5/c17-14-11-15(19-6-18-14)20-7-22(11)4-10-13(24)12(23)8(5-27-10)21-16(25)9-2-1-3-26-9/h1-3,6-8,10,12-13,23-24H,4-5H2,(H,21,25)(H2,17,18,19)/t8-,10-,12+,13-/m1/s1. The Morgan fingerprint density at radius 2 is 2.19 bits per heavy atom. The van der Waals surface area contributed by atoms with E-state index in [0.717, 1.165) is 0 Å². The number of aromatic nitrogens is 4. The Kier molecular flexibility index (Phi) is 4.48. The van der Waals surface area contributed by atoms with Crippen LogP contribution in [0.5, 0.6) is 0 Å². The lowest BCUT2D eigenvalue weighted by atomic mass is 9.97. The molecule has 0 saturated carbocycles. The molecular formula is C16H18N6O5. The molecule has 4 heterocycles. The number of nitrogen functional groups attached to an aromatic ring is 1. The quantitative estimate of drug-likeness (QED) is 0.445. The second-order valence-corrected chi connectivity index (χ2v) is 6.24. The Balaban J connectivity index is 1.45. The fraction of sp³-hybridized carbons (Fsp3) is 0.375. The van der Waals surface area contributed by atoms with Gasteiger partial charge in [-0.1, -0.05) is 0 Å². The van der Waals surface area contributed by atoms with Gasteiger partial charge in [0.05, 0.1) is 31.8 Å². The van der Waals surface area contributed by atoms with Crippen LogP contribution in [0.15, 0.2) is 35.5 Å². The number of furan rings is 1. The summed E-state index contributed by atoms with van der Waals surface area (Å²) in [5, 5.41) is 23.4. The van der Waals surface area contributed by atoms with E-state index in [2.05, 4.69) is 20.3 Å². The van der Waals surface area contributed by atoms with Crippen LogP contribution in [0.1, 0.15) is 10.6 Å². The number of aliphatic hydroxyl groups excluding tert-OH is 2. The number of rotatable bonds is 4. The van der Waals surface area contributed by atoms with Crippen LogP contribution in [0.4, 0.5) is 5.82 Å². The Morgan fingerprint density at radius 3 is 2.96 bits per heavy atom. The second kappa shape index (κ2) is 6.95. The molecule has 11 nitrogen and oxygen atoms in total. The number of nitrogens with zero attached hydrogens (tertiary/aromatic N) is 4. The minimum atomic E-state index is -1.23. The van der Waals surface area contributed by atoms with Crippen LogP contribution in [0.3, 0.4) is 0 Å². The van der Waals surface area contributed by atoms with Crippen LogP contribution in [-0.2, 0) is 11.3 Å². The van der Waals surface area contributed by atoms with Crippen molar-refractivity contribution in [1.82, 2.24) is 24.8 Å². The first-order chi connectivity index (χ1) is 13.0. The highest BCUT2D eigenvalue weighted by molar-refractivity contribution is 5.91. The highest BCUT2D eigenvalue weighted by atomic mass is 16.5. The summed E-state index contributed by atoms with van der Waals surface area (Å²) in [7, 11) is 0. The summed E-state index contributed by atoms with van der Waals surface area (Å²) in [4.78, 5) is 24.2. The Bertz CT molecular complexity index is 942. The van der Waals surface area contributed by atoms with Crippen molar-refractivity contribution in [3.8, 4) is 0 Å². The fourth-order valence-corrected chi connectivity index (χ4v) is 3.08. The van der Waals surface area contributed by atoms with E-state index in [1.165, 1.54) is 25.0 Å². The zero-order valence-corrected chi connectivity index (χ0v) is 14.1. The molecule has 4 rings (SSSR count). The number of anilines is 1. The number of amides is 1. The maximum atomic E-state index is 12.1. The number of carbonyl (C=O) groups excluding carboxylic acids is 1. The minimum Gasteiger partial charge on any atom is -0.459 e. The Hall–Kier alpha value is -3.02. The summed E-state index contributed by atoms with van der Waals surface area (Å²) < 4.78 is 12.3. The molecule has 11 heteroatoms. The van der Waals surface area contributed by atoms with E-state index in [4.69, 9.17) is 14.9 Å². The van der Waals surface area contributed by atoms with Gasteiger partial charge in [-0.25, -0.2) is 15.0 Å². The van der Waals surface area contributed by atoms with Crippen LogP contribution < -0.4 is 11.1 Å². The number of hydrogen-bond acceptors (Lipinski definition) is 9. The van der Waals surface area contributed by atoms with Gasteiger partial charge in [0.25, 0.3) is 5.91 Å². The normalized spacial score (nSPS) is 25.6. The lowest BCUT2D eigenvalue weighted by Gasteiger charge is -2.38. The van der Waals surface area contributed by atoms with Gasteiger partial charge in [-0.15, -0.1) is 0 Å². The van der Waals surface area contributed by atoms with E-state index >= 15 is 0 Å². The lowest BCUT2D eigenvalue weighted by molar-refractivity contribution is -0.152. The van der Waals surface area contributed by atoms with Gasteiger partial charge in [-0.3, -0.25) is 4.79 Å². The summed E-state index contributed by atoms with van der Waals surface area (Å²) >= 11 is 0. The molecular weight excluding hydrogens is 356 g/mol. The van der Waals surface area contributed by atoms with E-state index < -0.39 is 30.3 Å². The molecule has 4 atom stereocenters. The number of nitrogens with one attached hydrogen (secondary N) is 1. The van der Waals surface area contributed by atoms with E-state index in [1.54, 1.807) is 10.6 Å². The SMILES string of the molecule is Nc1ncnc2ncn(C[C@H]3OC[C@@H](NC(=O)c4ccco4)[C@H](O)[C@@H]3O)c12. The number of fused-ring (bicyclic) bond motifs is 1. The second-order valence-electron chi connectivity index (χ2n) is 6.24. The largest absolute Gasteiger partial charge is 0.459 e.